The third-order valence-electron chi connectivity index (χ3n) is 3.34. The summed E-state index contributed by atoms with van der Waals surface area (Å²) in [6.45, 7) is 4.76. The quantitative estimate of drug-likeness (QED) is 0.464. The molecule has 0 saturated carbocycles. The van der Waals surface area contributed by atoms with Crippen LogP contribution in [0.5, 0.6) is 0 Å². The average molecular weight is 441 g/mol. The minimum atomic E-state index is -2.59. The molecule has 1 fully saturated rings. The van der Waals surface area contributed by atoms with Gasteiger partial charge in [-0.1, -0.05) is 0 Å². The van der Waals surface area contributed by atoms with E-state index < -0.39 is 15.6 Å². The van der Waals surface area contributed by atoms with E-state index >= 15 is 0 Å². The van der Waals surface area contributed by atoms with Crippen molar-refractivity contribution in [1.82, 2.24) is 0 Å². The van der Waals surface area contributed by atoms with Crippen LogP contribution in [0.4, 0.5) is 0 Å². The number of unbranched alkanes of at least 4 members (excludes halogenated alkanes) is 2. The maximum absolute atomic E-state index is 11.8. The van der Waals surface area contributed by atoms with Gasteiger partial charge < -0.3 is 0 Å². The Bertz CT molecular complexity index is 307. The number of hydrogen-bond donors (Lipinski definition) is 0. The summed E-state index contributed by atoms with van der Waals surface area (Å²) in [5.74, 6) is 0.579. The fourth-order valence-corrected chi connectivity index (χ4v) is 29.6. The number of esters is 2. The van der Waals surface area contributed by atoms with Gasteiger partial charge in [-0.3, -0.25) is 0 Å². The van der Waals surface area contributed by atoms with Crippen LogP contribution in [-0.4, -0.2) is 52.3 Å². The summed E-state index contributed by atoms with van der Waals surface area (Å²) in [6.07, 6.45) is 4.73. The van der Waals surface area contributed by atoms with Crippen LogP contribution in [0.2, 0.25) is 8.87 Å². The maximum atomic E-state index is 11.8. The van der Waals surface area contributed by atoms with Crippen molar-refractivity contribution < 1.29 is 19.1 Å². The van der Waals surface area contributed by atoms with Crippen LogP contribution in [-0.2, 0) is 19.1 Å². The third kappa shape index (κ3) is 8.02. The van der Waals surface area contributed by atoms with E-state index in [4.69, 9.17) is 9.47 Å². The Labute approximate surface area is 137 Å². The van der Waals surface area contributed by atoms with Gasteiger partial charge in [0.15, 0.2) is 0 Å². The van der Waals surface area contributed by atoms with E-state index in [1.54, 1.807) is 0 Å². The van der Waals surface area contributed by atoms with Gasteiger partial charge in [0.1, 0.15) is 0 Å². The van der Waals surface area contributed by atoms with Gasteiger partial charge in [-0.2, -0.15) is 0 Å². The molecule has 0 amide bonds. The first kappa shape index (κ1) is 19.5. The fourth-order valence-electron chi connectivity index (χ4n) is 2.12. The normalized spacial score (nSPS) is 20.3. The molecule has 7 heteroatoms. The Morgan fingerprint density at radius 1 is 0.905 bits per heavy atom. The first-order valence-corrected chi connectivity index (χ1v) is 20.7. The number of rotatable bonds is 6. The monoisotopic (exact) mass is 442 g/mol. The van der Waals surface area contributed by atoms with Crippen LogP contribution in [0.1, 0.15) is 39.5 Å². The van der Waals surface area contributed by atoms with Crippen LogP contribution in [0.15, 0.2) is 0 Å². The number of cyclic esters (lactones) is 2. The Morgan fingerprint density at radius 2 is 1.33 bits per heavy atom. The predicted molar refractivity (Wildman–Crippen MR) is 92.0 cm³/mol. The topological polar surface area (TPSA) is 52.6 Å². The van der Waals surface area contributed by atoms with Crippen molar-refractivity contribution in [1.29, 1.82) is 0 Å². The molecule has 0 aromatic rings. The van der Waals surface area contributed by atoms with Crippen LogP contribution >= 0.6 is 17.9 Å². The van der Waals surface area contributed by atoms with Crippen molar-refractivity contribution in [3.63, 3.8) is 0 Å². The molecule has 0 unspecified atom stereocenters. The van der Waals surface area contributed by atoms with Gasteiger partial charge in [-0.25, -0.2) is 0 Å². The summed E-state index contributed by atoms with van der Waals surface area (Å²) in [6, 6.07) is 0. The summed E-state index contributed by atoms with van der Waals surface area (Å²) in [5, 5.41) is 0. The zero-order chi connectivity index (χ0) is 15.6. The molecule has 1 rings (SSSR count). The van der Waals surface area contributed by atoms with Crippen molar-refractivity contribution in [3.05, 3.63) is 0 Å². The fraction of sp³-hybridized carbons (Fsp3) is 0.857. The minimum absolute atomic E-state index is 0.160. The molecule has 0 radical (unpaired) electrons. The number of carbonyl (C=O) groups is 2. The molecule has 1 saturated heterocycles. The van der Waals surface area contributed by atoms with Gasteiger partial charge >= 0.3 is 138 Å². The number of ether oxygens (including phenoxy) is 2. The molecule has 1 heterocycles. The molecular formula is C14H26O4S2Sn. The molecule has 0 atom stereocenters. The molecule has 122 valence electrons. The van der Waals surface area contributed by atoms with Crippen molar-refractivity contribution in [2.24, 2.45) is 0 Å². The molecule has 0 aromatic carbocycles. The zero-order valence-electron chi connectivity index (χ0n) is 13.0. The van der Waals surface area contributed by atoms with Gasteiger partial charge in [0.25, 0.3) is 0 Å². The first-order chi connectivity index (χ1) is 10.1. The Kier molecular flexibility index (Phi) is 10.3. The molecule has 4 nitrogen and oxygen atoms in total. The predicted octanol–water partition coefficient (Wildman–Crippen LogP) is 3.60. The molecule has 1 aliphatic heterocycles. The van der Waals surface area contributed by atoms with E-state index in [1.807, 2.05) is 17.9 Å². The molecule has 21 heavy (non-hydrogen) atoms. The van der Waals surface area contributed by atoms with Gasteiger partial charge in [-0.15, -0.1) is 0 Å². The van der Waals surface area contributed by atoms with Crippen molar-refractivity contribution in [2.45, 2.75) is 48.4 Å². The molecule has 0 spiro atoms. The molecular weight excluding hydrogens is 415 g/mol. The van der Waals surface area contributed by atoms with Crippen molar-refractivity contribution in [3.8, 4) is 0 Å². The molecule has 0 aromatic heterocycles. The van der Waals surface area contributed by atoms with E-state index in [1.165, 1.54) is 34.6 Å². The Hall–Kier alpha value is 0.439. The van der Waals surface area contributed by atoms with E-state index in [0.717, 1.165) is 0 Å². The van der Waals surface area contributed by atoms with Crippen molar-refractivity contribution in [2.75, 3.05) is 24.7 Å². The van der Waals surface area contributed by atoms with E-state index in [9.17, 15) is 9.59 Å². The molecule has 1 aliphatic rings. The zero-order valence-corrected chi connectivity index (χ0v) is 17.5. The summed E-state index contributed by atoms with van der Waals surface area (Å²) in [4.78, 5) is 23.5. The van der Waals surface area contributed by atoms with Gasteiger partial charge in [0, 0.05) is 0 Å². The summed E-state index contributed by atoms with van der Waals surface area (Å²) in [5.41, 5.74) is 0. The SMILES string of the molecule is CCC[CH2][Sn]1([CH2]CCC)[S]CC(=O)OCCOC(=O)C[S]1. The molecule has 0 bridgehead atoms. The summed E-state index contributed by atoms with van der Waals surface area (Å²) in [7, 11) is 3.71. The van der Waals surface area contributed by atoms with Crippen molar-refractivity contribution >= 4 is 45.4 Å². The van der Waals surface area contributed by atoms with Crippen LogP contribution in [0.25, 0.3) is 0 Å². The summed E-state index contributed by atoms with van der Waals surface area (Å²) < 4.78 is 12.7. The second-order valence-electron chi connectivity index (χ2n) is 5.14. The Balaban J connectivity index is 2.78. The van der Waals surface area contributed by atoms with Gasteiger partial charge in [0.2, 0.25) is 0 Å². The standard InChI is InChI=1S/C6H10O4S2.2C4H9.Sn/c7-5(3-11)9-1-2-10-6(8)4-12;2*1-3-4-2;/h11-12H,1-4H2;2*1,3-4H2,2H3;/q;;;+2/p-2. The van der Waals surface area contributed by atoms with E-state index in [2.05, 4.69) is 13.8 Å². The average Bonchev–Trinajstić information content (AvgIpc) is 2.52. The van der Waals surface area contributed by atoms with Crippen LogP contribution in [0, 0.1) is 0 Å². The summed E-state index contributed by atoms with van der Waals surface area (Å²) >= 11 is -2.59. The van der Waals surface area contributed by atoms with E-state index in [-0.39, 0.29) is 25.2 Å². The number of hydrogen-bond acceptors (Lipinski definition) is 6. The molecule has 0 aliphatic carbocycles. The Morgan fingerprint density at radius 3 is 1.71 bits per heavy atom. The first-order valence-electron chi connectivity index (χ1n) is 7.71. The van der Waals surface area contributed by atoms with E-state index in [0.29, 0.717) is 11.5 Å². The second-order valence-corrected chi connectivity index (χ2v) is 31.5. The van der Waals surface area contributed by atoms with Crippen LogP contribution < -0.4 is 0 Å². The van der Waals surface area contributed by atoms with Gasteiger partial charge in [0.05, 0.1) is 0 Å². The van der Waals surface area contributed by atoms with Gasteiger partial charge in [-0.05, 0) is 0 Å². The third-order valence-corrected chi connectivity index (χ3v) is 33.2. The number of carbonyl (C=O) groups excluding carboxylic acids is 2. The molecule has 0 N–H and O–H groups in total. The van der Waals surface area contributed by atoms with Crippen LogP contribution in [0.3, 0.4) is 0 Å². The second kappa shape index (κ2) is 11.0.